The normalized spacial score (nSPS) is 10.3. The molecule has 0 aliphatic carbocycles. The lowest BCUT2D eigenvalue weighted by Gasteiger charge is -1.94. The molecule has 0 bridgehead atoms. The molecule has 1 amide bonds. The zero-order valence-electron chi connectivity index (χ0n) is 8.18. The van der Waals surface area contributed by atoms with Crippen molar-refractivity contribution >= 4 is 21.8 Å². The number of rotatable bonds is 3. The Morgan fingerprint density at radius 1 is 1.31 bits per heavy atom. The fraction of sp³-hybridized carbons (Fsp3) is 0.100. The van der Waals surface area contributed by atoms with Crippen molar-refractivity contribution in [3.8, 4) is 11.5 Å². The van der Waals surface area contributed by atoms with Crippen molar-refractivity contribution in [1.29, 1.82) is 0 Å². The number of carbonyl (C=O) groups is 1. The van der Waals surface area contributed by atoms with Gasteiger partial charge in [-0.2, -0.15) is 0 Å². The summed E-state index contributed by atoms with van der Waals surface area (Å²) in [6, 6.07) is 7.41. The van der Waals surface area contributed by atoms with Crippen molar-refractivity contribution in [2.24, 2.45) is 5.73 Å². The van der Waals surface area contributed by atoms with Crippen molar-refractivity contribution in [2.45, 2.75) is 6.42 Å². The molecule has 0 spiro atoms. The lowest BCUT2D eigenvalue weighted by atomic mass is 10.2. The molecule has 0 atom stereocenters. The topological polar surface area (TPSA) is 82.0 Å². The Morgan fingerprint density at radius 3 is 2.62 bits per heavy atom. The van der Waals surface area contributed by atoms with Gasteiger partial charge in [0, 0.05) is 10.0 Å². The minimum Gasteiger partial charge on any atom is -0.420 e. The van der Waals surface area contributed by atoms with Crippen LogP contribution in [0.1, 0.15) is 5.89 Å². The van der Waals surface area contributed by atoms with E-state index in [-0.39, 0.29) is 12.3 Å². The third-order valence-corrected chi connectivity index (χ3v) is 2.41. The van der Waals surface area contributed by atoms with Crippen molar-refractivity contribution < 1.29 is 9.21 Å². The molecule has 0 aliphatic heterocycles. The summed E-state index contributed by atoms with van der Waals surface area (Å²) in [7, 11) is 0. The minimum atomic E-state index is -0.494. The number of nitrogens with two attached hydrogens (primary N) is 1. The lowest BCUT2D eigenvalue weighted by Crippen LogP contribution is -2.13. The number of aromatic nitrogens is 2. The Hall–Kier alpha value is -1.69. The molecule has 2 N–H and O–H groups in total. The van der Waals surface area contributed by atoms with Gasteiger partial charge in [0.15, 0.2) is 0 Å². The largest absolute Gasteiger partial charge is 0.420 e. The number of halogens is 1. The Balaban J connectivity index is 2.24. The maximum atomic E-state index is 10.6. The maximum Gasteiger partial charge on any atom is 0.247 e. The van der Waals surface area contributed by atoms with E-state index < -0.39 is 5.91 Å². The fourth-order valence-corrected chi connectivity index (χ4v) is 1.45. The molecule has 82 valence electrons. The van der Waals surface area contributed by atoms with Gasteiger partial charge in [0.2, 0.25) is 17.7 Å². The molecule has 1 aromatic heterocycles. The summed E-state index contributed by atoms with van der Waals surface area (Å²) in [6.07, 6.45) is -0.0382. The van der Waals surface area contributed by atoms with Gasteiger partial charge in [-0.15, -0.1) is 10.2 Å². The van der Waals surface area contributed by atoms with Crippen LogP contribution in [0.3, 0.4) is 0 Å². The van der Waals surface area contributed by atoms with Crippen LogP contribution in [0.5, 0.6) is 0 Å². The van der Waals surface area contributed by atoms with E-state index in [9.17, 15) is 4.79 Å². The molecule has 0 fully saturated rings. The standard InChI is InChI=1S/C10H8BrN3O2/c11-7-3-1-6(2-4-7)10-14-13-9(16-10)5-8(12)15/h1-4H,5H2,(H2,12,15). The molecule has 0 unspecified atom stereocenters. The van der Waals surface area contributed by atoms with Gasteiger partial charge in [0.1, 0.15) is 6.42 Å². The Bertz CT molecular complexity index is 507. The molecule has 2 aromatic rings. The van der Waals surface area contributed by atoms with Crippen molar-refractivity contribution in [1.82, 2.24) is 10.2 Å². The first-order valence-corrected chi connectivity index (χ1v) is 5.31. The fourth-order valence-electron chi connectivity index (χ4n) is 1.18. The molecule has 5 nitrogen and oxygen atoms in total. The van der Waals surface area contributed by atoms with Crippen LogP contribution in [0, 0.1) is 0 Å². The molecule has 16 heavy (non-hydrogen) atoms. The maximum absolute atomic E-state index is 10.6. The molecule has 1 heterocycles. The van der Waals surface area contributed by atoms with Crippen LogP contribution >= 0.6 is 15.9 Å². The van der Waals surface area contributed by atoms with Crippen molar-refractivity contribution in [3.05, 3.63) is 34.6 Å². The number of hydrogen-bond acceptors (Lipinski definition) is 4. The van der Waals surface area contributed by atoms with E-state index in [0.717, 1.165) is 10.0 Å². The first kappa shape index (κ1) is 10.8. The third-order valence-electron chi connectivity index (χ3n) is 1.88. The van der Waals surface area contributed by atoms with Gasteiger partial charge in [-0.05, 0) is 24.3 Å². The van der Waals surface area contributed by atoms with Crippen LogP contribution in [0.2, 0.25) is 0 Å². The molecule has 0 radical (unpaired) electrons. The highest BCUT2D eigenvalue weighted by Gasteiger charge is 2.10. The van der Waals surface area contributed by atoms with E-state index in [2.05, 4.69) is 26.1 Å². The Kier molecular flexibility index (Phi) is 3.00. The molecule has 6 heteroatoms. The van der Waals surface area contributed by atoms with Crippen molar-refractivity contribution in [3.63, 3.8) is 0 Å². The first-order valence-electron chi connectivity index (χ1n) is 4.52. The van der Waals surface area contributed by atoms with Gasteiger partial charge in [-0.3, -0.25) is 4.79 Å². The number of benzene rings is 1. The highest BCUT2D eigenvalue weighted by molar-refractivity contribution is 9.10. The summed E-state index contributed by atoms with van der Waals surface area (Å²) in [5.74, 6) is 0.111. The summed E-state index contributed by atoms with van der Waals surface area (Å²) >= 11 is 3.33. The van der Waals surface area contributed by atoms with Gasteiger partial charge in [-0.25, -0.2) is 0 Å². The third kappa shape index (κ3) is 2.46. The van der Waals surface area contributed by atoms with Crippen LogP contribution in [-0.4, -0.2) is 16.1 Å². The van der Waals surface area contributed by atoms with Crippen LogP contribution in [0.15, 0.2) is 33.2 Å². The van der Waals surface area contributed by atoms with Gasteiger partial charge in [-0.1, -0.05) is 15.9 Å². The SMILES string of the molecule is NC(=O)Cc1nnc(-c2ccc(Br)cc2)o1. The first-order chi connectivity index (χ1) is 7.65. The number of carbonyl (C=O) groups excluding carboxylic acids is 1. The smallest absolute Gasteiger partial charge is 0.247 e. The van der Waals surface area contributed by atoms with E-state index in [1.54, 1.807) is 0 Å². The average Bonchev–Trinajstić information content (AvgIpc) is 2.66. The Labute approximate surface area is 99.8 Å². The predicted octanol–water partition coefficient (Wildman–Crippen LogP) is 1.53. The molecule has 2 rings (SSSR count). The van der Waals surface area contributed by atoms with Gasteiger partial charge < -0.3 is 10.2 Å². The number of nitrogens with zero attached hydrogens (tertiary/aromatic N) is 2. The minimum absolute atomic E-state index is 0.0382. The van der Waals surface area contributed by atoms with E-state index in [1.807, 2.05) is 24.3 Å². The van der Waals surface area contributed by atoms with Crippen LogP contribution in [-0.2, 0) is 11.2 Å². The van der Waals surface area contributed by atoms with Gasteiger partial charge in [0.25, 0.3) is 0 Å². The number of primary amides is 1. The zero-order chi connectivity index (χ0) is 11.5. The predicted molar refractivity (Wildman–Crippen MR) is 60.3 cm³/mol. The van der Waals surface area contributed by atoms with Gasteiger partial charge >= 0.3 is 0 Å². The zero-order valence-corrected chi connectivity index (χ0v) is 9.77. The second-order valence-electron chi connectivity index (χ2n) is 3.15. The van der Waals surface area contributed by atoms with Crippen molar-refractivity contribution in [2.75, 3.05) is 0 Å². The van der Waals surface area contributed by atoms with E-state index >= 15 is 0 Å². The molecule has 0 saturated heterocycles. The second-order valence-corrected chi connectivity index (χ2v) is 4.07. The molecule has 1 aromatic carbocycles. The molecular weight excluding hydrogens is 274 g/mol. The van der Waals surface area contributed by atoms with Crippen LogP contribution in [0.4, 0.5) is 0 Å². The summed E-state index contributed by atoms with van der Waals surface area (Å²) in [5, 5.41) is 7.56. The Morgan fingerprint density at radius 2 is 2.00 bits per heavy atom. The monoisotopic (exact) mass is 281 g/mol. The summed E-state index contributed by atoms with van der Waals surface area (Å²) in [6.45, 7) is 0. The highest BCUT2D eigenvalue weighted by Crippen LogP contribution is 2.20. The van der Waals surface area contributed by atoms with E-state index in [0.29, 0.717) is 5.89 Å². The summed E-state index contributed by atoms with van der Waals surface area (Å²) < 4.78 is 6.25. The van der Waals surface area contributed by atoms with Gasteiger partial charge in [0.05, 0.1) is 0 Å². The quantitative estimate of drug-likeness (QED) is 0.925. The number of hydrogen-bond donors (Lipinski definition) is 1. The van der Waals surface area contributed by atoms with E-state index in [4.69, 9.17) is 10.2 Å². The average molecular weight is 282 g/mol. The van der Waals surface area contributed by atoms with E-state index in [1.165, 1.54) is 0 Å². The molecule has 0 saturated carbocycles. The number of amides is 1. The van der Waals surface area contributed by atoms with Crippen LogP contribution in [0.25, 0.3) is 11.5 Å². The summed E-state index contributed by atoms with van der Waals surface area (Å²) in [4.78, 5) is 10.6. The second kappa shape index (κ2) is 4.44. The lowest BCUT2D eigenvalue weighted by molar-refractivity contribution is -0.117. The van der Waals surface area contributed by atoms with Crippen LogP contribution < -0.4 is 5.73 Å². The highest BCUT2D eigenvalue weighted by atomic mass is 79.9. The molecule has 0 aliphatic rings. The molecular formula is C10H8BrN3O2. The summed E-state index contributed by atoms with van der Waals surface area (Å²) in [5.41, 5.74) is 5.82.